The predicted octanol–water partition coefficient (Wildman–Crippen LogP) is 3.37. The van der Waals surface area contributed by atoms with Crippen molar-refractivity contribution in [1.29, 1.82) is 0 Å². The van der Waals surface area contributed by atoms with Crippen LogP contribution in [0.3, 0.4) is 0 Å². The number of aromatic nitrogens is 3. The van der Waals surface area contributed by atoms with E-state index >= 15 is 0 Å². The van der Waals surface area contributed by atoms with E-state index < -0.39 is 0 Å². The van der Waals surface area contributed by atoms with Gasteiger partial charge in [0.05, 0.1) is 23.7 Å². The third-order valence-corrected chi connectivity index (χ3v) is 6.86. The topological polar surface area (TPSA) is 74.0 Å². The molecule has 1 saturated heterocycles. The van der Waals surface area contributed by atoms with Crippen molar-refractivity contribution >= 4 is 28.8 Å². The van der Waals surface area contributed by atoms with Gasteiger partial charge in [0.1, 0.15) is 0 Å². The molecular weight excluding hydrogens is 414 g/mol. The van der Waals surface area contributed by atoms with E-state index in [0.29, 0.717) is 25.4 Å². The summed E-state index contributed by atoms with van der Waals surface area (Å²) in [6.07, 6.45) is 7.31. The van der Waals surface area contributed by atoms with Crippen molar-refractivity contribution in [2.24, 2.45) is 0 Å². The van der Waals surface area contributed by atoms with Gasteiger partial charge in [0.15, 0.2) is 11.4 Å². The molecule has 0 bridgehead atoms. The fourth-order valence-electron chi connectivity index (χ4n) is 5.10. The molecule has 0 amide bonds. The highest BCUT2D eigenvalue weighted by Crippen LogP contribution is 2.32. The van der Waals surface area contributed by atoms with Crippen molar-refractivity contribution < 1.29 is 9.90 Å². The van der Waals surface area contributed by atoms with E-state index in [2.05, 4.69) is 46.0 Å². The Labute approximate surface area is 194 Å². The number of fused-ring (bicyclic) bond motifs is 2. The molecule has 5 rings (SSSR count). The molecule has 1 aromatic carbocycles. The van der Waals surface area contributed by atoms with Crippen molar-refractivity contribution in [3.05, 3.63) is 58.8 Å². The molecule has 172 valence electrons. The Bertz CT molecular complexity index is 1240. The molecule has 7 nitrogen and oxygen atoms in total. The van der Waals surface area contributed by atoms with Crippen LogP contribution in [0.15, 0.2) is 30.6 Å². The molecule has 33 heavy (non-hydrogen) atoms. The highest BCUT2D eigenvalue weighted by Gasteiger charge is 2.25. The molecule has 0 unspecified atom stereocenters. The second-order valence-corrected chi connectivity index (χ2v) is 9.24. The molecule has 1 atom stereocenters. The monoisotopic (exact) mass is 445 g/mol. The first-order valence-corrected chi connectivity index (χ1v) is 11.7. The number of hydrogen-bond donors (Lipinski definition) is 1. The van der Waals surface area contributed by atoms with E-state index in [1.54, 1.807) is 0 Å². The van der Waals surface area contributed by atoms with E-state index in [1.165, 1.54) is 0 Å². The Morgan fingerprint density at radius 1 is 1.12 bits per heavy atom. The SMILES string of the molecule is Cc1cn2cc(C3=Cc4ccc(N5CCN(CCO)[C@H](C)C5)cc4C(=O)CC3)nc2c(C)n1. The standard InChI is InChI=1S/C26H31N5O2/c1-17-14-31-16-24(28-26(31)19(3)27-17)21-5-7-25(33)23-13-22(6-4-20(23)12-21)30-9-8-29(10-11-32)18(2)15-30/h4,6,12-14,16,18,32H,5,7-11,15H2,1-3H3/t18-/m1/s1. The minimum absolute atomic E-state index is 0.183. The number of rotatable bonds is 4. The third kappa shape index (κ3) is 4.18. The number of aliphatic hydroxyl groups excluding tert-OH is 1. The molecule has 0 saturated carbocycles. The summed E-state index contributed by atoms with van der Waals surface area (Å²) >= 11 is 0. The van der Waals surface area contributed by atoms with Gasteiger partial charge >= 0.3 is 0 Å². The number of aliphatic hydroxyl groups is 1. The first kappa shape index (κ1) is 21.8. The molecule has 3 aromatic rings. The van der Waals surface area contributed by atoms with Crippen LogP contribution in [0.5, 0.6) is 0 Å². The summed E-state index contributed by atoms with van der Waals surface area (Å²) in [5.74, 6) is 0.183. The average Bonchev–Trinajstić information content (AvgIpc) is 3.14. The summed E-state index contributed by atoms with van der Waals surface area (Å²) < 4.78 is 2.03. The fourth-order valence-corrected chi connectivity index (χ4v) is 5.10. The Hall–Kier alpha value is -3.03. The number of benzene rings is 1. The summed E-state index contributed by atoms with van der Waals surface area (Å²) in [6, 6.07) is 6.63. The van der Waals surface area contributed by atoms with Crippen molar-refractivity contribution in [1.82, 2.24) is 19.3 Å². The number of aryl methyl sites for hydroxylation is 2. The van der Waals surface area contributed by atoms with Crippen LogP contribution < -0.4 is 4.90 Å². The average molecular weight is 446 g/mol. The normalized spacial score (nSPS) is 19.5. The Morgan fingerprint density at radius 2 is 1.97 bits per heavy atom. The number of carbonyl (C=O) groups excluding carboxylic acids is 1. The maximum absolute atomic E-state index is 13.1. The lowest BCUT2D eigenvalue weighted by molar-refractivity contribution is 0.0984. The fraction of sp³-hybridized carbons (Fsp3) is 0.423. The maximum atomic E-state index is 13.1. The number of carbonyl (C=O) groups is 1. The van der Waals surface area contributed by atoms with Gasteiger partial charge in [0, 0.05) is 62.3 Å². The zero-order valence-corrected chi connectivity index (χ0v) is 19.6. The van der Waals surface area contributed by atoms with Crippen molar-refractivity contribution in [3.8, 4) is 0 Å². The second-order valence-electron chi connectivity index (χ2n) is 9.24. The minimum Gasteiger partial charge on any atom is -0.395 e. The molecule has 7 heteroatoms. The number of piperazine rings is 1. The van der Waals surface area contributed by atoms with Gasteiger partial charge in [-0.25, -0.2) is 4.98 Å². The number of anilines is 1. The van der Waals surface area contributed by atoms with Gasteiger partial charge in [-0.05, 0) is 56.5 Å². The predicted molar refractivity (Wildman–Crippen MR) is 131 cm³/mol. The molecule has 1 aliphatic heterocycles. The quantitative estimate of drug-likeness (QED) is 0.664. The van der Waals surface area contributed by atoms with Crippen LogP contribution in [-0.4, -0.2) is 69.0 Å². The smallest absolute Gasteiger partial charge is 0.163 e. The van der Waals surface area contributed by atoms with Crippen molar-refractivity contribution in [2.45, 2.75) is 39.7 Å². The van der Waals surface area contributed by atoms with Crippen LogP contribution in [0.25, 0.3) is 17.3 Å². The summed E-state index contributed by atoms with van der Waals surface area (Å²) in [6.45, 7) is 9.76. The van der Waals surface area contributed by atoms with Crippen LogP contribution in [0.2, 0.25) is 0 Å². The molecule has 2 aliphatic rings. The molecule has 0 spiro atoms. The van der Waals surface area contributed by atoms with Gasteiger partial charge in [-0.15, -0.1) is 0 Å². The number of nitrogens with zero attached hydrogens (tertiary/aromatic N) is 5. The molecule has 2 aromatic heterocycles. The summed E-state index contributed by atoms with van der Waals surface area (Å²) in [5.41, 5.74) is 7.57. The van der Waals surface area contributed by atoms with E-state index in [4.69, 9.17) is 4.98 Å². The summed E-state index contributed by atoms with van der Waals surface area (Å²) in [7, 11) is 0. The van der Waals surface area contributed by atoms with Gasteiger partial charge in [-0.2, -0.15) is 0 Å². The van der Waals surface area contributed by atoms with E-state index in [9.17, 15) is 9.90 Å². The van der Waals surface area contributed by atoms with Crippen LogP contribution in [0, 0.1) is 13.8 Å². The van der Waals surface area contributed by atoms with Gasteiger partial charge in [0.2, 0.25) is 0 Å². The zero-order valence-electron chi connectivity index (χ0n) is 19.6. The number of imidazole rings is 1. The lowest BCUT2D eigenvalue weighted by atomic mass is 10.0. The number of hydrogen-bond acceptors (Lipinski definition) is 6. The molecule has 0 radical (unpaired) electrons. The minimum atomic E-state index is 0.183. The Morgan fingerprint density at radius 3 is 2.76 bits per heavy atom. The molecule has 1 N–H and O–H groups in total. The van der Waals surface area contributed by atoms with E-state index in [0.717, 1.165) is 64.8 Å². The molecular formula is C26H31N5O2. The Kier molecular flexibility index (Phi) is 5.76. The highest BCUT2D eigenvalue weighted by atomic mass is 16.3. The number of ketones is 1. The van der Waals surface area contributed by atoms with E-state index in [1.807, 2.05) is 30.6 Å². The van der Waals surface area contributed by atoms with Gasteiger partial charge < -0.3 is 14.4 Å². The summed E-state index contributed by atoms with van der Waals surface area (Å²) in [5, 5.41) is 9.27. The largest absolute Gasteiger partial charge is 0.395 e. The second kappa shape index (κ2) is 8.72. The van der Waals surface area contributed by atoms with Crippen molar-refractivity contribution in [3.63, 3.8) is 0 Å². The third-order valence-electron chi connectivity index (χ3n) is 6.86. The zero-order chi connectivity index (χ0) is 23.1. The molecule has 1 fully saturated rings. The number of β-amino-alcohol motifs (C(OH)–C–C–N with tert-alkyl or cyclic N) is 1. The maximum Gasteiger partial charge on any atom is 0.163 e. The van der Waals surface area contributed by atoms with Gasteiger partial charge in [0.25, 0.3) is 0 Å². The van der Waals surface area contributed by atoms with Crippen LogP contribution in [-0.2, 0) is 0 Å². The van der Waals surface area contributed by atoms with Crippen LogP contribution >= 0.6 is 0 Å². The Balaban J connectivity index is 1.45. The first-order chi connectivity index (χ1) is 15.9. The first-order valence-electron chi connectivity index (χ1n) is 11.7. The van der Waals surface area contributed by atoms with Gasteiger partial charge in [-0.1, -0.05) is 6.07 Å². The number of Topliss-reactive ketones (excluding diaryl/α,β-unsaturated/α-hetero) is 1. The molecule has 1 aliphatic carbocycles. The lowest BCUT2D eigenvalue weighted by Gasteiger charge is -2.40. The number of allylic oxidation sites excluding steroid dienone is 1. The van der Waals surface area contributed by atoms with Gasteiger partial charge in [-0.3, -0.25) is 14.7 Å². The highest BCUT2D eigenvalue weighted by molar-refractivity contribution is 6.04. The summed E-state index contributed by atoms with van der Waals surface area (Å²) in [4.78, 5) is 27.1. The van der Waals surface area contributed by atoms with E-state index in [-0.39, 0.29) is 12.4 Å². The van der Waals surface area contributed by atoms with Crippen molar-refractivity contribution in [2.75, 3.05) is 37.7 Å². The molecule has 3 heterocycles. The van der Waals surface area contributed by atoms with Crippen LogP contribution in [0.4, 0.5) is 5.69 Å². The van der Waals surface area contributed by atoms with Crippen LogP contribution in [0.1, 0.15) is 52.8 Å². The lowest BCUT2D eigenvalue weighted by Crippen LogP contribution is -2.52.